The van der Waals surface area contributed by atoms with Gasteiger partial charge in [-0.05, 0) is 44.0 Å². The predicted molar refractivity (Wildman–Crippen MR) is 92.4 cm³/mol. The van der Waals surface area contributed by atoms with E-state index < -0.39 is 0 Å². The molecule has 1 N–H and O–H groups in total. The first-order chi connectivity index (χ1) is 10.9. The second kappa shape index (κ2) is 7.42. The lowest BCUT2D eigenvalue weighted by Crippen LogP contribution is -2.33. The van der Waals surface area contributed by atoms with Crippen molar-refractivity contribution in [2.45, 2.75) is 39.4 Å². The van der Waals surface area contributed by atoms with Gasteiger partial charge in [0, 0.05) is 38.4 Å². The fourth-order valence-electron chi connectivity index (χ4n) is 2.41. The normalized spacial score (nSPS) is 13.6. The molecule has 0 fully saturated rings. The molecule has 23 heavy (non-hydrogen) atoms. The SMILES string of the molecule is Cc1cnn([C@H](C)[C@H](C)NCc2cccc(C(=O)N(C)C)c2)c1. The summed E-state index contributed by atoms with van der Waals surface area (Å²) in [6.45, 7) is 7.06. The highest BCUT2D eigenvalue weighted by molar-refractivity contribution is 5.94. The Balaban J connectivity index is 1.97. The maximum Gasteiger partial charge on any atom is 0.253 e. The molecular weight excluding hydrogens is 288 g/mol. The minimum atomic E-state index is 0.0280. The zero-order valence-corrected chi connectivity index (χ0v) is 14.6. The number of carbonyl (C=O) groups excluding carboxylic acids is 1. The predicted octanol–water partition coefficient (Wildman–Crippen LogP) is 2.63. The standard InChI is InChI=1S/C18H26N4O/c1-13-10-20-22(12-13)15(3)14(2)19-11-16-7-6-8-17(9-16)18(23)21(4)5/h6-10,12,14-15,19H,11H2,1-5H3/t14-,15+/m0/s1. The third-order valence-corrected chi connectivity index (χ3v) is 4.08. The zero-order valence-electron chi connectivity index (χ0n) is 14.6. The van der Waals surface area contributed by atoms with Gasteiger partial charge in [0.15, 0.2) is 0 Å². The number of nitrogens with one attached hydrogen (secondary N) is 1. The molecule has 0 spiro atoms. The molecule has 1 amide bonds. The van der Waals surface area contributed by atoms with Crippen LogP contribution >= 0.6 is 0 Å². The first-order valence-electron chi connectivity index (χ1n) is 7.93. The highest BCUT2D eigenvalue weighted by Crippen LogP contribution is 2.12. The van der Waals surface area contributed by atoms with E-state index in [-0.39, 0.29) is 18.0 Å². The maximum absolute atomic E-state index is 12.0. The molecule has 5 heteroatoms. The summed E-state index contributed by atoms with van der Waals surface area (Å²) in [7, 11) is 3.53. The second-order valence-electron chi connectivity index (χ2n) is 6.31. The van der Waals surface area contributed by atoms with Crippen LogP contribution in [-0.4, -0.2) is 40.7 Å². The molecule has 0 aliphatic rings. The van der Waals surface area contributed by atoms with Gasteiger partial charge in [0.05, 0.1) is 12.2 Å². The van der Waals surface area contributed by atoms with Crippen LogP contribution in [0.4, 0.5) is 0 Å². The zero-order chi connectivity index (χ0) is 17.0. The van der Waals surface area contributed by atoms with E-state index in [1.165, 1.54) is 5.56 Å². The number of aryl methyl sites for hydroxylation is 1. The van der Waals surface area contributed by atoms with E-state index >= 15 is 0 Å². The molecule has 0 radical (unpaired) electrons. The van der Waals surface area contributed by atoms with Crippen molar-refractivity contribution < 1.29 is 4.79 Å². The third-order valence-electron chi connectivity index (χ3n) is 4.08. The number of amides is 1. The molecule has 0 saturated carbocycles. The van der Waals surface area contributed by atoms with Gasteiger partial charge in [-0.3, -0.25) is 9.48 Å². The summed E-state index contributed by atoms with van der Waals surface area (Å²) in [6.07, 6.45) is 3.93. The average Bonchev–Trinajstić information content (AvgIpc) is 2.97. The number of nitrogens with zero attached hydrogens (tertiary/aromatic N) is 3. The van der Waals surface area contributed by atoms with Crippen molar-refractivity contribution in [2.24, 2.45) is 0 Å². The van der Waals surface area contributed by atoms with Crippen LogP contribution in [0.5, 0.6) is 0 Å². The molecule has 124 valence electrons. The largest absolute Gasteiger partial charge is 0.345 e. The Morgan fingerprint density at radius 1 is 1.35 bits per heavy atom. The molecule has 1 aromatic carbocycles. The van der Waals surface area contributed by atoms with Crippen LogP contribution in [0, 0.1) is 6.92 Å². The highest BCUT2D eigenvalue weighted by atomic mass is 16.2. The number of benzene rings is 1. The summed E-state index contributed by atoms with van der Waals surface area (Å²) < 4.78 is 1.99. The molecule has 2 aromatic rings. The van der Waals surface area contributed by atoms with E-state index in [1.54, 1.807) is 19.0 Å². The highest BCUT2D eigenvalue weighted by Gasteiger charge is 2.14. The van der Waals surface area contributed by atoms with E-state index in [2.05, 4.69) is 30.5 Å². The number of rotatable bonds is 6. The van der Waals surface area contributed by atoms with Crippen molar-refractivity contribution in [3.05, 3.63) is 53.3 Å². The Morgan fingerprint density at radius 2 is 2.09 bits per heavy atom. The fraction of sp³-hybridized carbons (Fsp3) is 0.444. The average molecular weight is 314 g/mol. The molecule has 5 nitrogen and oxygen atoms in total. The second-order valence-corrected chi connectivity index (χ2v) is 6.31. The van der Waals surface area contributed by atoms with Gasteiger partial charge in [0.2, 0.25) is 0 Å². The number of aromatic nitrogens is 2. The van der Waals surface area contributed by atoms with Gasteiger partial charge < -0.3 is 10.2 Å². The number of carbonyl (C=O) groups is 1. The fourth-order valence-corrected chi connectivity index (χ4v) is 2.41. The lowest BCUT2D eigenvalue weighted by Gasteiger charge is -2.22. The van der Waals surface area contributed by atoms with Gasteiger partial charge in [0.25, 0.3) is 5.91 Å². The molecule has 1 heterocycles. The molecule has 0 bridgehead atoms. The molecule has 1 aromatic heterocycles. The first-order valence-corrected chi connectivity index (χ1v) is 7.93. The van der Waals surface area contributed by atoms with E-state index in [0.717, 1.165) is 17.7 Å². The van der Waals surface area contributed by atoms with E-state index in [9.17, 15) is 4.79 Å². The topological polar surface area (TPSA) is 50.2 Å². The summed E-state index contributed by atoms with van der Waals surface area (Å²) >= 11 is 0. The van der Waals surface area contributed by atoms with Crippen molar-refractivity contribution in [1.82, 2.24) is 20.0 Å². The molecule has 2 rings (SSSR count). The Morgan fingerprint density at radius 3 is 2.70 bits per heavy atom. The van der Waals surface area contributed by atoms with Gasteiger partial charge in [-0.2, -0.15) is 5.10 Å². The Bertz CT molecular complexity index is 663. The van der Waals surface area contributed by atoms with Gasteiger partial charge in [-0.25, -0.2) is 0 Å². The molecule has 0 aliphatic heterocycles. The summed E-state index contributed by atoms with van der Waals surface area (Å²) in [6, 6.07) is 8.29. The van der Waals surface area contributed by atoms with Crippen molar-refractivity contribution in [1.29, 1.82) is 0 Å². The maximum atomic E-state index is 12.0. The van der Waals surface area contributed by atoms with Crippen molar-refractivity contribution in [3.8, 4) is 0 Å². The summed E-state index contributed by atoms with van der Waals surface area (Å²) in [5.74, 6) is 0.0280. The minimum Gasteiger partial charge on any atom is -0.345 e. The van der Waals surface area contributed by atoms with E-state index in [0.29, 0.717) is 0 Å². The van der Waals surface area contributed by atoms with Gasteiger partial charge >= 0.3 is 0 Å². The van der Waals surface area contributed by atoms with Crippen molar-refractivity contribution >= 4 is 5.91 Å². The van der Waals surface area contributed by atoms with Crippen LogP contribution in [0.3, 0.4) is 0 Å². The van der Waals surface area contributed by atoms with Crippen molar-refractivity contribution in [2.75, 3.05) is 14.1 Å². The van der Waals surface area contributed by atoms with Crippen LogP contribution in [0.15, 0.2) is 36.7 Å². The van der Waals surface area contributed by atoms with Gasteiger partial charge in [0.1, 0.15) is 0 Å². The summed E-state index contributed by atoms with van der Waals surface area (Å²) in [5, 5.41) is 7.89. The van der Waals surface area contributed by atoms with Crippen LogP contribution in [0.25, 0.3) is 0 Å². The minimum absolute atomic E-state index is 0.0280. The molecular formula is C18H26N4O. The van der Waals surface area contributed by atoms with Crippen LogP contribution < -0.4 is 5.32 Å². The monoisotopic (exact) mass is 314 g/mol. The van der Waals surface area contributed by atoms with E-state index in [4.69, 9.17) is 0 Å². The Labute approximate surface area is 138 Å². The van der Waals surface area contributed by atoms with Crippen LogP contribution in [0.2, 0.25) is 0 Å². The molecule has 0 aliphatic carbocycles. The quantitative estimate of drug-likeness (QED) is 0.892. The Hall–Kier alpha value is -2.14. The van der Waals surface area contributed by atoms with Crippen LogP contribution in [0.1, 0.15) is 41.4 Å². The van der Waals surface area contributed by atoms with E-state index in [1.807, 2.05) is 42.1 Å². The number of hydrogen-bond acceptors (Lipinski definition) is 3. The molecule has 2 atom stereocenters. The first kappa shape index (κ1) is 17.2. The van der Waals surface area contributed by atoms with Gasteiger partial charge in [-0.1, -0.05) is 12.1 Å². The smallest absolute Gasteiger partial charge is 0.253 e. The third kappa shape index (κ3) is 4.42. The lowest BCUT2D eigenvalue weighted by atomic mass is 10.1. The summed E-state index contributed by atoms with van der Waals surface area (Å²) in [4.78, 5) is 13.6. The summed E-state index contributed by atoms with van der Waals surface area (Å²) in [5.41, 5.74) is 2.99. The number of hydrogen-bond donors (Lipinski definition) is 1. The van der Waals surface area contributed by atoms with Gasteiger partial charge in [-0.15, -0.1) is 0 Å². The molecule has 0 saturated heterocycles. The van der Waals surface area contributed by atoms with Crippen LogP contribution in [-0.2, 0) is 6.54 Å². The lowest BCUT2D eigenvalue weighted by molar-refractivity contribution is 0.0827. The Kier molecular flexibility index (Phi) is 5.55. The molecule has 0 unspecified atom stereocenters. The van der Waals surface area contributed by atoms with Crippen molar-refractivity contribution in [3.63, 3.8) is 0 Å².